The molecule has 0 atom stereocenters. The van der Waals surface area contributed by atoms with Crippen molar-refractivity contribution in [1.29, 1.82) is 0 Å². The Morgan fingerprint density at radius 3 is 2.64 bits per heavy atom. The average molecular weight is 373 g/mol. The maximum absolute atomic E-state index is 12.2. The minimum absolute atomic E-state index is 0.321. The van der Waals surface area contributed by atoms with Crippen LogP contribution in [0.1, 0.15) is 11.1 Å². The van der Waals surface area contributed by atoms with Gasteiger partial charge < -0.3 is 10.5 Å². The summed E-state index contributed by atoms with van der Waals surface area (Å²) in [6, 6.07) is 13.6. The molecule has 25 heavy (non-hydrogen) atoms. The number of benzene rings is 2. The van der Waals surface area contributed by atoms with Gasteiger partial charge in [-0.3, -0.25) is 5.32 Å². The fourth-order valence-electron chi connectivity index (χ4n) is 2.23. The molecule has 8 heteroatoms. The number of nitrogens with zero attached hydrogens (tertiary/aromatic N) is 2. The van der Waals surface area contributed by atoms with E-state index < -0.39 is 6.03 Å². The first-order chi connectivity index (χ1) is 12.2. The van der Waals surface area contributed by atoms with Crippen molar-refractivity contribution in [3.63, 3.8) is 0 Å². The molecule has 0 aliphatic rings. The summed E-state index contributed by atoms with van der Waals surface area (Å²) in [5.41, 5.74) is 1.98. The van der Waals surface area contributed by atoms with Gasteiger partial charge in [0.2, 0.25) is 0 Å². The number of aromatic nitrogens is 1. The van der Waals surface area contributed by atoms with Gasteiger partial charge in [-0.25, -0.2) is 9.78 Å². The van der Waals surface area contributed by atoms with E-state index in [-0.39, 0.29) is 0 Å². The van der Waals surface area contributed by atoms with E-state index in [4.69, 9.17) is 11.6 Å². The number of carbonyl (C=O) groups excluding carboxylic acids is 1. The lowest BCUT2D eigenvalue weighted by Gasteiger charge is -2.13. The van der Waals surface area contributed by atoms with E-state index >= 15 is 0 Å². The number of oxime groups is 1. The van der Waals surface area contributed by atoms with Crippen molar-refractivity contribution in [1.82, 2.24) is 4.98 Å². The summed E-state index contributed by atoms with van der Waals surface area (Å²) in [6.45, 7) is 0. The van der Waals surface area contributed by atoms with E-state index in [1.165, 1.54) is 11.3 Å². The summed E-state index contributed by atoms with van der Waals surface area (Å²) >= 11 is 7.36. The van der Waals surface area contributed by atoms with E-state index in [0.717, 1.165) is 0 Å². The molecule has 1 aromatic heterocycles. The van der Waals surface area contributed by atoms with E-state index in [1.54, 1.807) is 29.8 Å². The highest BCUT2D eigenvalue weighted by molar-refractivity contribution is 7.13. The molecule has 3 N–H and O–H groups in total. The Balaban J connectivity index is 1.91. The predicted molar refractivity (Wildman–Crippen MR) is 100 cm³/mol. The number of thiazole rings is 1. The van der Waals surface area contributed by atoms with Gasteiger partial charge in [0.15, 0.2) is 5.13 Å². The van der Waals surface area contributed by atoms with Crippen LogP contribution in [-0.2, 0) is 0 Å². The van der Waals surface area contributed by atoms with Gasteiger partial charge in [-0.1, -0.05) is 47.1 Å². The second-order valence-corrected chi connectivity index (χ2v) is 6.25. The fourth-order valence-corrected chi connectivity index (χ4v) is 2.92. The number of halogens is 1. The van der Waals surface area contributed by atoms with Crippen molar-refractivity contribution in [2.75, 3.05) is 10.6 Å². The minimum atomic E-state index is -0.469. The molecular weight excluding hydrogens is 360 g/mol. The first kappa shape index (κ1) is 16.9. The van der Waals surface area contributed by atoms with Crippen molar-refractivity contribution < 1.29 is 10.0 Å². The third-order valence-electron chi connectivity index (χ3n) is 3.28. The molecule has 0 radical (unpaired) electrons. The Kier molecular flexibility index (Phi) is 5.27. The Hall–Kier alpha value is -2.90. The molecule has 0 unspecified atom stereocenters. The summed E-state index contributed by atoms with van der Waals surface area (Å²) in [7, 11) is 0. The molecule has 0 saturated heterocycles. The lowest BCUT2D eigenvalue weighted by molar-refractivity contribution is 0.262. The smallest absolute Gasteiger partial charge is 0.325 e. The van der Waals surface area contributed by atoms with Crippen LogP contribution in [0.3, 0.4) is 0 Å². The summed E-state index contributed by atoms with van der Waals surface area (Å²) in [5, 5.41) is 20.9. The fraction of sp³-hybridized carbons (Fsp3) is 0. The number of nitrogens with one attached hydrogen (secondary N) is 2. The van der Waals surface area contributed by atoms with Gasteiger partial charge >= 0.3 is 6.03 Å². The summed E-state index contributed by atoms with van der Waals surface area (Å²) in [6.07, 6.45) is 1.59. The first-order valence-corrected chi connectivity index (χ1v) is 8.48. The molecule has 6 nitrogen and oxygen atoms in total. The monoisotopic (exact) mass is 372 g/mol. The zero-order valence-corrected chi connectivity index (χ0v) is 14.4. The molecule has 0 fully saturated rings. The number of amides is 2. The summed E-state index contributed by atoms with van der Waals surface area (Å²) in [5.74, 6) is 0. The van der Waals surface area contributed by atoms with Gasteiger partial charge in [-0.05, 0) is 18.2 Å². The molecular formula is C17H13ClN4O2S. The third kappa shape index (κ3) is 4.14. The molecule has 0 spiro atoms. The predicted octanol–water partition coefficient (Wildman–Crippen LogP) is 4.67. The standard InChI is InChI=1S/C17H13ClN4O2S/c18-12-6-7-13(15(22-24)11-4-2-1-3-5-11)14(10-12)20-16(23)21-17-19-8-9-25-17/h1-10,24H,(H2,19,20,21,23). The number of rotatable bonds is 4. The first-order valence-electron chi connectivity index (χ1n) is 7.22. The van der Waals surface area contributed by atoms with Crippen LogP contribution in [0.4, 0.5) is 15.6 Å². The van der Waals surface area contributed by atoms with Crippen LogP contribution in [0.5, 0.6) is 0 Å². The van der Waals surface area contributed by atoms with Gasteiger partial charge in [-0.2, -0.15) is 0 Å². The van der Waals surface area contributed by atoms with Gasteiger partial charge in [0, 0.05) is 27.7 Å². The van der Waals surface area contributed by atoms with Crippen LogP contribution in [0.2, 0.25) is 5.02 Å². The van der Waals surface area contributed by atoms with E-state index in [2.05, 4.69) is 20.8 Å². The molecule has 0 aliphatic carbocycles. The van der Waals surface area contributed by atoms with Crippen LogP contribution in [-0.4, -0.2) is 21.9 Å². The van der Waals surface area contributed by atoms with Crippen molar-refractivity contribution in [2.24, 2.45) is 5.16 Å². The maximum atomic E-state index is 12.2. The van der Waals surface area contributed by atoms with Crippen LogP contribution in [0.15, 0.2) is 65.3 Å². The second-order valence-electron chi connectivity index (χ2n) is 4.92. The lowest BCUT2D eigenvalue weighted by atomic mass is 10.0. The van der Waals surface area contributed by atoms with E-state index in [0.29, 0.717) is 32.7 Å². The molecule has 3 aromatic rings. The van der Waals surface area contributed by atoms with Gasteiger partial charge in [0.1, 0.15) is 5.71 Å². The Bertz CT molecular complexity index is 898. The zero-order chi connectivity index (χ0) is 17.6. The molecule has 126 valence electrons. The summed E-state index contributed by atoms with van der Waals surface area (Å²) < 4.78 is 0. The van der Waals surface area contributed by atoms with Crippen molar-refractivity contribution in [3.8, 4) is 0 Å². The van der Waals surface area contributed by atoms with Crippen LogP contribution >= 0.6 is 22.9 Å². The largest absolute Gasteiger partial charge is 0.410 e. The SMILES string of the molecule is O=C(Nc1nccs1)Nc1cc(Cl)ccc1C(=NO)c1ccccc1. The topological polar surface area (TPSA) is 86.6 Å². The van der Waals surface area contributed by atoms with Crippen molar-refractivity contribution >= 4 is 45.5 Å². The number of carbonyl (C=O) groups is 1. The molecule has 3 rings (SSSR count). The normalized spacial score (nSPS) is 11.2. The van der Waals surface area contributed by atoms with Crippen LogP contribution in [0.25, 0.3) is 0 Å². The van der Waals surface area contributed by atoms with Crippen molar-refractivity contribution in [3.05, 3.63) is 76.3 Å². The van der Waals surface area contributed by atoms with E-state index in [9.17, 15) is 10.0 Å². The number of urea groups is 1. The highest BCUT2D eigenvalue weighted by Gasteiger charge is 2.15. The Morgan fingerprint density at radius 2 is 1.96 bits per heavy atom. The van der Waals surface area contributed by atoms with Crippen molar-refractivity contribution in [2.45, 2.75) is 0 Å². The third-order valence-corrected chi connectivity index (χ3v) is 4.21. The summed E-state index contributed by atoms with van der Waals surface area (Å²) in [4.78, 5) is 16.2. The Labute approximate surface area is 152 Å². The molecule has 0 aliphatic heterocycles. The quantitative estimate of drug-likeness (QED) is 0.353. The molecule has 0 saturated carbocycles. The zero-order valence-electron chi connectivity index (χ0n) is 12.8. The molecule has 2 aromatic carbocycles. The highest BCUT2D eigenvalue weighted by Crippen LogP contribution is 2.25. The number of hydrogen-bond donors (Lipinski definition) is 3. The lowest BCUT2D eigenvalue weighted by Crippen LogP contribution is -2.21. The van der Waals surface area contributed by atoms with Gasteiger partial charge in [0.25, 0.3) is 0 Å². The average Bonchev–Trinajstić information content (AvgIpc) is 3.11. The number of anilines is 2. The molecule has 2 amide bonds. The van der Waals surface area contributed by atoms with E-state index in [1.807, 2.05) is 30.3 Å². The maximum Gasteiger partial charge on any atom is 0.325 e. The Morgan fingerprint density at radius 1 is 1.16 bits per heavy atom. The van der Waals surface area contributed by atoms with Crippen LogP contribution in [0, 0.1) is 0 Å². The number of hydrogen-bond acceptors (Lipinski definition) is 5. The highest BCUT2D eigenvalue weighted by atomic mass is 35.5. The second kappa shape index (κ2) is 7.78. The molecule has 0 bridgehead atoms. The molecule has 1 heterocycles. The minimum Gasteiger partial charge on any atom is -0.410 e. The van der Waals surface area contributed by atoms with Gasteiger partial charge in [-0.15, -0.1) is 11.3 Å². The van der Waals surface area contributed by atoms with Gasteiger partial charge in [0.05, 0.1) is 5.69 Å². The van der Waals surface area contributed by atoms with Crippen LogP contribution < -0.4 is 10.6 Å².